The lowest BCUT2D eigenvalue weighted by Crippen LogP contribution is -2.35. The molecule has 1 saturated heterocycles. The van der Waals surface area contributed by atoms with Gasteiger partial charge >= 0.3 is 0 Å². The molecule has 180 valence electrons. The number of rotatable bonds is 7. The average Bonchev–Trinajstić information content (AvgIpc) is 2.79. The number of para-hydroxylation sites is 2. The van der Waals surface area contributed by atoms with Crippen molar-refractivity contribution in [2.24, 2.45) is 5.14 Å². The highest BCUT2D eigenvalue weighted by molar-refractivity contribution is 7.89. The standard InChI is InChI=1S/C23H27FN6O3S/c1-15-7-8-16(13-21(15)34(25,31)32)27-23-26-14-18(24)22(29-23)28-19-5-3-4-6-20(19)33-17-9-11-30(2)12-10-17/h3-8,13-14,17H,9-12H2,1-2H3,(H2,25,31,32)(H2,26,27,28,29). The second-order valence-corrected chi connectivity index (χ2v) is 9.81. The van der Waals surface area contributed by atoms with E-state index < -0.39 is 15.8 Å². The average molecular weight is 487 g/mol. The van der Waals surface area contributed by atoms with Crippen molar-refractivity contribution in [1.29, 1.82) is 0 Å². The van der Waals surface area contributed by atoms with E-state index in [4.69, 9.17) is 9.88 Å². The van der Waals surface area contributed by atoms with Crippen molar-refractivity contribution < 1.29 is 17.5 Å². The van der Waals surface area contributed by atoms with E-state index in [9.17, 15) is 12.8 Å². The Morgan fingerprint density at radius 1 is 1.15 bits per heavy atom. The quantitative estimate of drug-likeness (QED) is 0.464. The first-order chi connectivity index (χ1) is 16.2. The molecule has 11 heteroatoms. The Labute approximate surface area is 198 Å². The number of piperidine rings is 1. The van der Waals surface area contributed by atoms with Crippen LogP contribution in [-0.4, -0.2) is 49.5 Å². The lowest BCUT2D eigenvalue weighted by Gasteiger charge is -2.29. The van der Waals surface area contributed by atoms with Crippen LogP contribution in [0.3, 0.4) is 0 Å². The fraction of sp³-hybridized carbons (Fsp3) is 0.304. The number of nitrogens with zero attached hydrogens (tertiary/aromatic N) is 3. The predicted octanol–water partition coefficient (Wildman–Crippen LogP) is 3.53. The highest BCUT2D eigenvalue weighted by Crippen LogP contribution is 2.31. The van der Waals surface area contributed by atoms with Gasteiger partial charge in [-0.2, -0.15) is 4.98 Å². The normalized spacial score (nSPS) is 15.2. The van der Waals surface area contributed by atoms with E-state index >= 15 is 0 Å². The maximum absolute atomic E-state index is 14.5. The number of sulfonamides is 1. The first-order valence-corrected chi connectivity index (χ1v) is 12.4. The van der Waals surface area contributed by atoms with Crippen molar-refractivity contribution in [1.82, 2.24) is 14.9 Å². The third-order valence-electron chi connectivity index (χ3n) is 5.59. The molecule has 1 fully saturated rings. The molecule has 0 spiro atoms. The molecule has 34 heavy (non-hydrogen) atoms. The van der Waals surface area contributed by atoms with Gasteiger partial charge < -0.3 is 20.3 Å². The molecule has 1 aliphatic heterocycles. The van der Waals surface area contributed by atoms with Gasteiger partial charge in [0.1, 0.15) is 11.9 Å². The second kappa shape index (κ2) is 9.92. The number of hydrogen-bond donors (Lipinski definition) is 3. The number of ether oxygens (including phenoxy) is 1. The van der Waals surface area contributed by atoms with Gasteiger partial charge in [0.25, 0.3) is 0 Å². The number of hydrogen-bond acceptors (Lipinski definition) is 8. The third-order valence-corrected chi connectivity index (χ3v) is 6.65. The Hall–Kier alpha value is -3.28. The number of primary sulfonamides is 1. The van der Waals surface area contributed by atoms with Gasteiger partial charge in [-0.25, -0.2) is 22.9 Å². The minimum Gasteiger partial charge on any atom is -0.488 e. The van der Waals surface area contributed by atoms with Gasteiger partial charge in [0.15, 0.2) is 11.6 Å². The molecular formula is C23H27FN6O3S. The van der Waals surface area contributed by atoms with Gasteiger partial charge in [-0.1, -0.05) is 18.2 Å². The maximum Gasteiger partial charge on any atom is 0.238 e. The van der Waals surface area contributed by atoms with Crippen molar-refractivity contribution in [3.8, 4) is 5.75 Å². The van der Waals surface area contributed by atoms with Crippen LogP contribution in [-0.2, 0) is 10.0 Å². The number of likely N-dealkylation sites (tertiary alicyclic amines) is 1. The molecule has 3 aromatic rings. The van der Waals surface area contributed by atoms with Crippen LogP contribution in [0.15, 0.2) is 53.6 Å². The van der Waals surface area contributed by atoms with E-state index in [-0.39, 0.29) is 22.8 Å². The van der Waals surface area contributed by atoms with Crippen molar-refractivity contribution in [3.05, 3.63) is 60.0 Å². The Morgan fingerprint density at radius 3 is 2.62 bits per heavy atom. The lowest BCUT2D eigenvalue weighted by molar-refractivity contribution is 0.115. The highest BCUT2D eigenvalue weighted by Gasteiger charge is 2.20. The molecule has 0 saturated carbocycles. The van der Waals surface area contributed by atoms with E-state index in [1.54, 1.807) is 25.1 Å². The van der Waals surface area contributed by atoms with Crippen LogP contribution >= 0.6 is 0 Å². The Morgan fingerprint density at radius 2 is 1.88 bits per heavy atom. The van der Waals surface area contributed by atoms with Gasteiger partial charge in [-0.05, 0) is 56.6 Å². The summed E-state index contributed by atoms with van der Waals surface area (Å²) in [4.78, 5) is 10.4. The van der Waals surface area contributed by atoms with Gasteiger partial charge in [-0.15, -0.1) is 0 Å². The van der Waals surface area contributed by atoms with Crippen LogP contribution in [0.1, 0.15) is 18.4 Å². The largest absolute Gasteiger partial charge is 0.488 e. The minimum absolute atomic E-state index is 0.0158. The molecule has 1 aliphatic rings. The number of nitrogens with two attached hydrogens (primary N) is 1. The zero-order valence-electron chi connectivity index (χ0n) is 19.0. The molecule has 9 nitrogen and oxygen atoms in total. The van der Waals surface area contributed by atoms with Crippen molar-refractivity contribution in [2.75, 3.05) is 30.8 Å². The predicted molar refractivity (Wildman–Crippen MR) is 129 cm³/mol. The monoisotopic (exact) mass is 486 g/mol. The van der Waals surface area contributed by atoms with Gasteiger partial charge in [0.2, 0.25) is 16.0 Å². The van der Waals surface area contributed by atoms with Crippen LogP contribution in [0.2, 0.25) is 0 Å². The Bertz CT molecular complexity index is 1280. The lowest BCUT2D eigenvalue weighted by atomic mass is 10.1. The van der Waals surface area contributed by atoms with E-state index in [0.29, 0.717) is 22.7 Å². The van der Waals surface area contributed by atoms with Crippen LogP contribution in [0.4, 0.5) is 27.5 Å². The number of nitrogens with one attached hydrogen (secondary N) is 2. The molecule has 0 bridgehead atoms. The molecule has 1 aromatic heterocycles. The van der Waals surface area contributed by atoms with Crippen molar-refractivity contribution in [2.45, 2.75) is 30.8 Å². The molecule has 4 rings (SSSR count). The van der Waals surface area contributed by atoms with Gasteiger partial charge in [0.05, 0.1) is 16.8 Å². The van der Waals surface area contributed by atoms with Gasteiger partial charge in [-0.3, -0.25) is 0 Å². The number of aryl methyl sites for hydroxylation is 1. The summed E-state index contributed by atoms with van der Waals surface area (Å²) in [6.45, 7) is 3.56. The summed E-state index contributed by atoms with van der Waals surface area (Å²) in [5.74, 6) is 0.00669. The second-order valence-electron chi connectivity index (χ2n) is 8.28. The summed E-state index contributed by atoms with van der Waals surface area (Å²) in [5, 5.41) is 11.2. The van der Waals surface area contributed by atoms with E-state index in [2.05, 4.69) is 32.5 Å². The van der Waals surface area contributed by atoms with Crippen molar-refractivity contribution >= 4 is 33.2 Å². The minimum atomic E-state index is -3.89. The van der Waals surface area contributed by atoms with Crippen LogP contribution in [0.25, 0.3) is 0 Å². The fourth-order valence-corrected chi connectivity index (χ4v) is 4.52. The molecule has 0 aliphatic carbocycles. The summed E-state index contributed by atoms with van der Waals surface area (Å²) in [5.41, 5.74) is 1.49. The number of halogens is 1. The molecular weight excluding hydrogens is 459 g/mol. The first kappa shape index (κ1) is 23.9. The van der Waals surface area contributed by atoms with Crippen molar-refractivity contribution in [3.63, 3.8) is 0 Å². The zero-order chi connectivity index (χ0) is 24.3. The van der Waals surface area contributed by atoms with Crippen LogP contribution in [0.5, 0.6) is 5.75 Å². The fourth-order valence-electron chi connectivity index (χ4n) is 3.71. The van der Waals surface area contributed by atoms with E-state index in [1.165, 1.54) is 6.07 Å². The molecule has 0 unspecified atom stereocenters. The zero-order valence-corrected chi connectivity index (χ0v) is 19.8. The van der Waals surface area contributed by atoms with E-state index in [0.717, 1.165) is 32.1 Å². The summed E-state index contributed by atoms with van der Waals surface area (Å²) >= 11 is 0. The first-order valence-electron chi connectivity index (χ1n) is 10.8. The molecule has 0 radical (unpaired) electrons. The summed E-state index contributed by atoms with van der Waals surface area (Å²) in [6.07, 6.45) is 2.95. The molecule has 4 N–H and O–H groups in total. The Kier molecular flexibility index (Phi) is 6.96. The maximum atomic E-state index is 14.5. The Balaban J connectivity index is 1.54. The van der Waals surface area contributed by atoms with Crippen LogP contribution in [0, 0.1) is 12.7 Å². The van der Waals surface area contributed by atoms with Gasteiger partial charge in [0, 0.05) is 18.8 Å². The third kappa shape index (κ3) is 5.79. The highest BCUT2D eigenvalue weighted by atomic mass is 32.2. The topological polar surface area (TPSA) is 122 Å². The molecule has 0 amide bonds. The number of benzene rings is 2. The molecule has 2 heterocycles. The smallest absolute Gasteiger partial charge is 0.238 e. The van der Waals surface area contributed by atoms with E-state index in [1.807, 2.05) is 18.2 Å². The summed E-state index contributed by atoms with van der Waals surface area (Å²) in [6, 6.07) is 12.0. The van der Waals surface area contributed by atoms with Crippen LogP contribution < -0.4 is 20.5 Å². The molecule has 2 aromatic carbocycles. The number of aromatic nitrogens is 2. The molecule has 0 atom stereocenters. The number of anilines is 4. The summed E-state index contributed by atoms with van der Waals surface area (Å²) < 4.78 is 44.3. The SMILES string of the molecule is Cc1ccc(Nc2ncc(F)c(Nc3ccccc3OC3CCN(C)CC3)n2)cc1S(N)(=O)=O. The summed E-state index contributed by atoms with van der Waals surface area (Å²) in [7, 11) is -1.81.